The summed E-state index contributed by atoms with van der Waals surface area (Å²) in [6.45, 7) is 13.7. The van der Waals surface area contributed by atoms with Gasteiger partial charge in [0.25, 0.3) is 0 Å². The molecule has 2 heterocycles. The molecule has 2 aromatic heterocycles. The average molecular weight is 505 g/mol. The second-order valence-electron chi connectivity index (χ2n) is 10.1. The van der Waals surface area contributed by atoms with E-state index in [4.69, 9.17) is 4.12 Å². The lowest BCUT2D eigenvalue weighted by atomic mass is 10.2. The molecule has 9 heteroatoms. The molecule has 0 fully saturated rings. The summed E-state index contributed by atoms with van der Waals surface area (Å²) in [5.74, 6) is 0. The van der Waals surface area contributed by atoms with Gasteiger partial charge >= 0.3 is 0 Å². The monoisotopic (exact) mass is 504 g/mol. The molecule has 0 aliphatic carbocycles. The molecule has 0 aliphatic heterocycles. The third-order valence-electron chi connectivity index (χ3n) is 6.70. The summed E-state index contributed by atoms with van der Waals surface area (Å²) in [5, 5.41) is 18.0. The molecule has 0 spiro atoms. The minimum absolute atomic E-state index is 0.187. The molecule has 0 bridgehead atoms. The van der Waals surface area contributed by atoms with Gasteiger partial charge in [-0.2, -0.15) is 0 Å². The predicted octanol–water partition coefficient (Wildman–Crippen LogP) is 6.31. The van der Waals surface area contributed by atoms with E-state index in [2.05, 4.69) is 97.3 Å². The first-order valence-corrected chi connectivity index (χ1v) is 18.4. The molecule has 0 radical (unpaired) electrons. The van der Waals surface area contributed by atoms with Crippen LogP contribution in [-0.4, -0.2) is 46.6 Å². The van der Waals surface area contributed by atoms with E-state index in [0.717, 1.165) is 35.4 Å². The van der Waals surface area contributed by atoms with Gasteiger partial charge in [0.05, 0.1) is 23.7 Å². The Balaban J connectivity index is 1.55. The number of aromatic nitrogens is 6. The SMILES string of the molecule is CCC(n1cc(-c2ccccc2)nn1)[Si](C)(C)O[Si](C)(C)C(CC)n1cc(-c2ccccc2)nn1. The van der Waals surface area contributed by atoms with Crippen LogP contribution in [0.5, 0.6) is 0 Å². The summed E-state index contributed by atoms with van der Waals surface area (Å²) in [6.07, 6.45) is 6.02. The predicted molar refractivity (Wildman–Crippen MR) is 146 cm³/mol. The maximum Gasteiger partial charge on any atom is 0.198 e. The van der Waals surface area contributed by atoms with E-state index in [-0.39, 0.29) is 11.3 Å². The van der Waals surface area contributed by atoms with E-state index < -0.39 is 16.6 Å². The number of nitrogens with zero attached hydrogens (tertiary/aromatic N) is 6. The number of hydrogen-bond acceptors (Lipinski definition) is 5. The fraction of sp³-hybridized carbons (Fsp3) is 0.385. The smallest absolute Gasteiger partial charge is 0.198 e. The average Bonchev–Trinajstić information content (AvgIpc) is 3.51. The molecule has 0 N–H and O–H groups in total. The highest BCUT2D eigenvalue weighted by Gasteiger charge is 2.44. The maximum absolute atomic E-state index is 7.17. The van der Waals surface area contributed by atoms with Crippen LogP contribution in [0.1, 0.15) is 38.0 Å². The van der Waals surface area contributed by atoms with Crippen LogP contribution in [0.3, 0.4) is 0 Å². The lowest BCUT2D eigenvalue weighted by molar-refractivity contribution is 0.407. The zero-order valence-corrected chi connectivity index (χ0v) is 23.6. The van der Waals surface area contributed by atoms with Crippen LogP contribution in [-0.2, 0) is 4.12 Å². The second kappa shape index (κ2) is 10.4. The minimum Gasteiger partial charge on any atom is -0.453 e. The van der Waals surface area contributed by atoms with Gasteiger partial charge < -0.3 is 4.12 Å². The van der Waals surface area contributed by atoms with E-state index >= 15 is 0 Å². The maximum atomic E-state index is 7.17. The summed E-state index contributed by atoms with van der Waals surface area (Å²) < 4.78 is 11.2. The summed E-state index contributed by atoms with van der Waals surface area (Å²) in [5.41, 5.74) is 4.32. The first-order valence-electron chi connectivity index (χ1n) is 12.4. The van der Waals surface area contributed by atoms with Gasteiger partial charge in [-0.1, -0.05) is 84.9 Å². The Morgan fingerprint density at radius 2 is 1.03 bits per heavy atom. The van der Waals surface area contributed by atoms with Crippen LogP contribution >= 0.6 is 0 Å². The van der Waals surface area contributed by atoms with Crippen molar-refractivity contribution >= 4 is 16.6 Å². The Kier molecular flexibility index (Phi) is 7.48. The molecule has 7 nitrogen and oxygen atoms in total. The molecule has 0 amide bonds. The summed E-state index contributed by atoms with van der Waals surface area (Å²) in [7, 11) is -4.41. The van der Waals surface area contributed by atoms with Crippen molar-refractivity contribution in [2.45, 2.75) is 64.2 Å². The molecule has 0 aliphatic rings. The van der Waals surface area contributed by atoms with Crippen molar-refractivity contribution in [1.82, 2.24) is 30.0 Å². The fourth-order valence-electron chi connectivity index (χ4n) is 5.15. The van der Waals surface area contributed by atoms with Gasteiger partial charge in [-0.25, -0.2) is 9.36 Å². The second-order valence-corrected chi connectivity index (χ2v) is 18.6. The lowest BCUT2D eigenvalue weighted by Gasteiger charge is -2.41. The Labute approximate surface area is 210 Å². The summed E-state index contributed by atoms with van der Waals surface area (Å²) in [4.78, 5) is 0. The van der Waals surface area contributed by atoms with Crippen molar-refractivity contribution in [2.24, 2.45) is 0 Å². The topological polar surface area (TPSA) is 70.7 Å². The standard InChI is InChI=1S/C26H36N6OSi2/c1-7-25(31-19-23(27-29-31)21-15-11-9-12-16-21)34(3,4)33-35(5,6)26(8-2)32-20-24(28-30-32)22-17-13-10-14-18-22/h9-20,25-26H,7-8H2,1-6H3. The van der Waals surface area contributed by atoms with Gasteiger partial charge in [-0.15, -0.1) is 10.2 Å². The van der Waals surface area contributed by atoms with Crippen molar-refractivity contribution in [3.05, 3.63) is 73.1 Å². The Morgan fingerprint density at radius 3 is 1.37 bits per heavy atom. The quantitative estimate of drug-likeness (QED) is 0.237. The van der Waals surface area contributed by atoms with Gasteiger partial charge in [0.15, 0.2) is 16.6 Å². The molecular weight excluding hydrogens is 468 g/mol. The van der Waals surface area contributed by atoms with Crippen LogP contribution in [0, 0.1) is 0 Å². The van der Waals surface area contributed by atoms with Gasteiger partial charge in [-0.3, -0.25) is 0 Å². The first-order chi connectivity index (χ1) is 16.7. The zero-order valence-electron chi connectivity index (χ0n) is 21.6. The lowest BCUT2D eigenvalue weighted by Crippen LogP contribution is -2.54. The number of hydrogen-bond donors (Lipinski definition) is 0. The molecule has 2 aromatic carbocycles. The molecular formula is C26H36N6OSi2. The van der Waals surface area contributed by atoms with E-state index in [9.17, 15) is 0 Å². The van der Waals surface area contributed by atoms with Gasteiger partial charge in [-0.05, 0) is 39.0 Å². The Hall–Kier alpha value is -2.89. The number of rotatable bonds is 10. The third kappa shape index (κ3) is 5.52. The first kappa shape index (κ1) is 25.2. The van der Waals surface area contributed by atoms with E-state index in [1.165, 1.54) is 0 Å². The third-order valence-corrected chi connectivity index (χ3v) is 15.5. The van der Waals surface area contributed by atoms with Crippen molar-refractivity contribution in [1.29, 1.82) is 0 Å². The fourth-order valence-corrected chi connectivity index (χ4v) is 15.2. The highest BCUT2D eigenvalue weighted by molar-refractivity contribution is 6.85. The van der Waals surface area contributed by atoms with E-state index in [1.54, 1.807) is 0 Å². The zero-order chi connectivity index (χ0) is 25.1. The van der Waals surface area contributed by atoms with Crippen LogP contribution < -0.4 is 0 Å². The normalized spacial score (nSPS) is 14.1. The Morgan fingerprint density at radius 1 is 0.657 bits per heavy atom. The van der Waals surface area contributed by atoms with E-state index in [0.29, 0.717) is 0 Å². The molecule has 184 valence electrons. The minimum atomic E-state index is -2.20. The molecule has 35 heavy (non-hydrogen) atoms. The molecule has 4 aromatic rings. The van der Waals surface area contributed by atoms with Crippen LogP contribution in [0.2, 0.25) is 26.2 Å². The van der Waals surface area contributed by atoms with Gasteiger partial charge in [0.2, 0.25) is 0 Å². The largest absolute Gasteiger partial charge is 0.453 e. The van der Waals surface area contributed by atoms with Crippen LogP contribution in [0.15, 0.2) is 73.1 Å². The molecule has 0 saturated heterocycles. The summed E-state index contributed by atoms with van der Waals surface area (Å²) >= 11 is 0. The van der Waals surface area contributed by atoms with Crippen molar-refractivity contribution in [3.8, 4) is 22.5 Å². The highest BCUT2D eigenvalue weighted by Crippen LogP contribution is 2.34. The van der Waals surface area contributed by atoms with E-state index in [1.807, 2.05) is 45.8 Å². The van der Waals surface area contributed by atoms with Crippen molar-refractivity contribution in [2.75, 3.05) is 0 Å². The van der Waals surface area contributed by atoms with Crippen molar-refractivity contribution < 1.29 is 4.12 Å². The molecule has 4 rings (SSSR count). The van der Waals surface area contributed by atoms with Gasteiger partial charge in [0, 0.05) is 11.1 Å². The summed E-state index contributed by atoms with van der Waals surface area (Å²) in [6, 6.07) is 20.4. The Bertz CT molecular complexity index is 1130. The molecule has 0 saturated carbocycles. The van der Waals surface area contributed by atoms with Crippen LogP contribution in [0.4, 0.5) is 0 Å². The number of benzene rings is 2. The van der Waals surface area contributed by atoms with Crippen LogP contribution in [0.25, 0.3) is 22.5 Å². The molecule has 2 atom stereocenters. The molecule has 2 unspecified atom stereocenters. The van der Waals surface area contributed by atoms with Gasteiger partial charge in [0.1, 0.15) is 11.4 Å². The highest BCUT2D eigenvalue weighted by atomic mass is 28.4. The van der Waals surface area contributed by atoms with Crippen molar-refractivity contribution in [3.63, 3.8) is 0 Å².